The van der Waals surface area contributed by atoms with Gasteiger partial charge in [0.05, 0.1) is 6.54 Å². The minimum Gasteiger partial charge on any atom is -0.337 e. The Morgan fingerprint density at radius 1 is 1.50 bits per heavy atom. The first-order valence-electron chi connectivity index (χ1n) is 7.44. The number of hydrogen-bond donors (Lipinski definition) is 1. The first-order chi connectivity index (χ1) is 9.63. The Morgan fingerprint density at radius 2 is 2.35 bits per heavy atom. The molecular formula is C15H23N3OS. The van der Waals surface area contributed by atoms with Gasteiger partial charge in [0.15, 0.2) is 0 Å². The zero-order chi connectivity index (χ0) is 14.1. The van der Waals surface area contributed by atoms with Gasteiger partial charge in [-0.25, -0.2) is 0 Å². The van der Waals surface area contributed by atoms with E-state index in [0.29, 0.717) is 18.6 Å². The van der Waals surface area contributed by atoms with Crippen molar-refractivity contribution in [3.63, 3.8) is 0 Å². The van der Waals surface area contributed by atoms with E-state index in [4.69, 9.17) is 0 Å². The van der Waals surface area contributed by atoms with Crippen LogP contribution in [0.2, 0.25) is 0 Å². The van der Waals surface area contributed by atoms with E-state index in [1.165, 1.54) is 10.4 Å². The normalized spacial score (nSPS) is 27.4. The summed E-state index contributed by atoms with van der Waals surface area (Å²) in [5, 5.41) is 5.60. The monoisotopic (exact) mass is 293 g/mol. The summed E-state index contributed by atoms with van der Waals surface area (Å²) in [5.41, 5.74) is 1.34. The van der Waals surface area contributed by atoms with Crippen LogP contribution in [0.4, 0.5) is 0 Å². The Morgan fingerprint density at radius 3 is 3.20 bits per heavy atom. The maximum atomic E-state index is 12.5. The first-order valence-corrected chi connectivity index (χ1v) is 8.32. The van der Waals surface area contributed by atoms with E-state index < -0.39 is 0 Å². The highest BCUT2D eigenvalue weighted by Crippen LogP contribution is 2.24. The van der Waals surface area contributed by atoms with Crippen LogP contribution >= 0.6 is 11.3 Å². The molecule has 2 aliphatic rings. The summed E-state index contributed by atoms with van der Waals surface area (Å²) in [7, 11) is 0. The molecule has 1 aromatic rings. The number of nitrogens with zero attached hydrogens (tertiary/aromatic N) is 2. The lowest BCUT2D eigenvalue weighted by Crippen LogP contribution is -2.56. The summed E-state index contributed by atoms with van der Waals surface area (Å²) in [6.45, 7) is 8.55. The third-order valence-corrected chi connectivity index (χ3v) is 5.42. The van der Waals surface area contributed by atoms with Crippen molar-refractivity contribution in [3.8, 4) is 0 Å². The summed E-state index contributed by atoms with van der Waals surface area (Å²) in [6, 6.07) is 3.08. The molecule has 1 saturated heterocycles. The molecule has 3 heterocycles. The van der Waals surface area contributed by atoms with Crippen LogP contribution in [0, 0.1) is 0 Å². The smallest absolute Gasteiger partial charge is 0.237 e. The van der Waals surface area contributed by atoms with Gasteiger partial charge < -0.3 is 10.2 Å². The molecule has 3 rings (SSSR count). The maximum absolute atomic E-state index is 12.5. The molecule has 1 fully saturated rings. The number of carbonyl (C=O) groups excluding carboxylic acids is 1. The van der Waals surface area contributed by atoms with E-state index in [-0.39, 0.29) is 5.91 Å². The van der Waals surface area contributed by atoms with Crippen LogP contribution in [-0.2, 0) is 17.8 Å². The van der Waals surface area contributed by atoms with Gasteiger partial charge in [-0.05, 0) is 37.3 Å². The number of piperazine rings is 1. The van der Waals surface area contributed by atoms with Crippen LogP contribution < -0.4 is 5.32 Å². The Labute approximate surface area is 124 Å². The van der Waals surface area contributed by atoms with Crippen LogP contribution in [-0.4, -0.2) is 54.0 Å². The predicted octanol–water partition coefficient (Wildman–Crippen LogP) is 1.31. The SMILES string of the molecule is CC1CN(CC(=O)N2CCc3sccc3C2)C(C)CN1. The first kappa shape index (κ1) is 14.0. The van der Waals surface area contributed by atoms with Crippen molar-refractivity contribution in [1.29, 1.82) is 0 Å². The fourth-order valence-corrected chi connectivity index (χ4v) is 3.94. The average molecular weight is 293 g/mol. The van der Waals surface area contributed by atoms with Gasteiger partial charge in [-0.3, -0.25) is 9.69 Å². The molecule has 0 aliphatic carbocycles. The van der Waals surface area contributed by atoms with Gasteiger partial charge in [0, 0.05) is 43.1 Å². The number of rotatable bonds is 2. The Bertz CT molecular complexity index is 487. The third kappa shape index (κ3) is 2.90. The Hall–Kier alpha value is -0.910. The van der Waals surface area contributed by atoms with Crippen molar-refractivity contribution in [1.82, 2.24) is 15.1 Å². The molecule has 0 radical (unpaired) electrons. The van der Waals surface area contributed by atoms with Gasteiger partial charge in [0.25, 0.3) is 0 Å². The van der Waals surface area contributed by atoms with Gasteiger partial charge in [-0.1, -0.05) is 0 Å². The molecule has 0 saturated carbocycles. The van der Waals surface area contributed by atoms with Crippen LogP contribution in [0.15, 0.2) is 11.4 Å². The lowest BCUT2D eigenvalue weighted by molar-refractivity contribution is -0.134. The number of carbonyl (C=O) groups is 1. The van der Waals surface area contributed by atoms with Crippen LogP contribution in [0.1, 0.15) is 24.3 Å². The van der Waals surface area contributed by atoms with Crippen molar-refractivity contribution in [2.24, 2.45) is 0 Å². The quantitative estimate of drug-likeness (QED) is 0.893. The molecule has 0 spiro atoms. The molecule has 0 bridgehead atoms. The second-order valence-electron chi connectivity index (χ2n) is 6.02. The van der Waals surface area contributed by atoms with Gasteiger partial charge in [0.2, 0.25) is 5.91 Å². The van der Waals surface area contributed by atoms with Crippen LogP contribution in [0.25, 0.3) is 0 Å². The molecule has 1 amide bonds. The van der Waals surface area contributed by atoms with Crippen molar-refractivity contribution < 1.29 is 4.79 Å². The second-order valence-corrected chi connectivity index (χ2v) is 7.02. The molecule has 2 unspecified atom stereocenters. The lowest BCUT2D eigenvalue weighted by Gasteiger charge is -2.38. The number of hydrogen-bond acceptors (Lipinski definition) is 4. The molecule has 2 atom stereocenters. The van der Waals surface area contributed by atoms with Crippen LogP contribution in [0.3, 0.4) is 0 Å². The fourth-order valence-electron chi connectivity index (χ4n) is 3.05. The fraction of sp³-hybridized carbons (Fsp3) is 0.667. The van der Waals surface area contributed by atoms with E-state index in [9.17, 15) is 4.79 Å². The Kier molecular flexibility index (Phi) is 4.10. The average Bonchev–Trinajstić information content (AvgIpc) is 2.90. The number of amides is 1. The maximum Gasteiger partial charge on any atom is 0.237 e. The minimum absolute atomic E-state index is 0.280. The molecule has 5 heteroatoms. The molecule has 0 aromatic carbocycles. The van der Waals surface area contributed by atoms with E-state index in [1.54, 1.807) is 0 Å². The summed E-state index contributed by atoms with van der Waals surface area (Å²) in [6.07, 6.45) is 1.02. The summed E-state index contributed by atoms with van der Waals surface area (Å²) < 4.78 is 0. The van der Waals surface area contributed by atoms with Crippen molar-refractivity contribution in [3.05, 3.63) is 21.9 Å². The van der Waals surface area contributed by atoms with E-state index in [0.717, 1.165) is 32.6 Å². The summed E-state index contributed by atoms with van der Waals surface area (Å²) in [5.74, 6) is 0.280. The molecule has 1 N–H and O–H groups in total. The predicted molar refractivity (Wildman–Crippen MR) is 81.9 cm³/mol. The minimum atomic E-state index is 0.280. The molecule has 4 nitrogen and oxygen atoms in total. The summed E-state index contributed by atoms with van der Waals surface area (Å²) in [4.78, 5) is 18.3. The van der Waals surface area contributed by atoms with Crippen LogP contribution in [0.5, 0.6) is 0 Å². The molecule has 2 aliphatic heterocycles. The third-order valence-electron chi connectivity index (χ3n) is 4.39. The molecule has 110 valence electrons. The number of nitrogens with one attached hydrogen (secondary N) is 1. The molecule has 20 heavy (non-hydrogen) atoms. The largest absolute Gasteiger partial charge is 0.337 e. The van der Waals surface area contributed by atoms with Gasteiger partial charge in [-0.15, -0.1) is 11.3 Å². The zero-order valence-corrected chi connectivity index (χ0v) is 13.1. The zero-order valence-electron chi connectivity index (χ0n) is 12.3. The molecular weight excluding hydrogens is 270 g/mol. The highest BCUT2D eigenvalue weighted by Gasteiger charge is 2.27. The second kappa shape index (κ2) is 5.84. The highest BCUT2D eigenvalue weighted by atomic mass is 32.1. The van der Waals surface area contributed by atoms with Crippen molar-refractivity contribution in [2.45, 2.75) is 38.9 Å². The van der Waals surface area contributed by atoms with E-state index >= 15 is 0 Å². The number of thiophene rings is 1. The van der Waals surface area contributed by atoms with Gasteiger partial charge >= 0.3 is 0 Å². The van der Waals surface area contributed by atoms with Crippen molar-refractivity contribution in [2.75, 3.05) is 26.2 Å². The van der Waals surface area contributed by atoms with E-state index in [1.807, 2.05) is 16.2 Å². The van der Waals surface area contributed by atoms with Crippen molar-refractivity contribution >= 4 is 17.2 Å². The Balaban J connectivity index is 1.59. The highest BCUT2D eigenvalue weighted by molar-refractivity contribution is 7.10. The summed E-state index contributed by atoms with van der Waals surface area (Å²) >= 11 is 1.82. The molecule has 1 aromatic heterocycles. The van der Waals surface area contributed by atoms with Gasteiger partial charge in [-0.2, -0.15) is 0 Å². The van der Waals surface area contributed by atoms with Gasteiger partial charge in [0.1, 0.15) is 0 Å². The van der Waals surface area contributed by atoms with E-state index in [2.05, 4.69) is 35.5 Å². The number of fused-ring (bicyclic) bond motifs is 1. The lowest BCUT2D eigenvalue weighted by atomic mass is 10.1. The topological polar surface area (TPSA) is 35.6 Å². The standard InChI is InChI=1S/C15H23N3OS/c1-11-8-18(12(2)7-16-11)10-15(19)17-5-3-14-13(9-17)4-6-20-14/h4,6,11-12,16H,3,5,7-10H2,1-2H3.